The molecule has 7 heteroatoms. The molecule has 5 rings (SSSR count). The summed E-state index contributed by atoms with van der Waals surface area (Å²) in [7, 11) is 1.94. The van der Waals surface area contributed by atoms with Gasteiger partial charge in [-0.15, -0.1) is 0 Å². The van der Waals surface area contributed by atoms with E-state index in [-0.39, 0.29) is 11.8 Å². The van der Waals surface area contributed by atoms with Crippen molar-refractivity contribution < 1.29 is 4.79 Å². The molecular formula is C21H24N6O. The summed E-state index contributed by atoms with van der Waals surface area (Å²) in [5, 5.41) is 7.44. The number of hydrogen-bond donors (Lipinski definition) is 1. The van der Waals surface area contributed by atoms with Gasteiger partial charge in [-0.1, -0.05) is 12.1 Å². The zero-order valence-electron chi connectivity index (χ0n) is 16.1. The van der Waals surface area contributed by atoms with Gasteiger partial charge in [0.15, 0.2) is 11.6 Å². The van der Waals surface area contributed by atoms with E-state index in [2.05, 4.69) is 15.3 Å². The lowest BCUT2D eigenvalue weighted by atomic mass is 9.87. The molecule has 7 nitrogen and oxygen atoms in total. The molecule has 2 aromatic heterocycles. The van der Waals surface area contributed by atoms with Crippen LogP contribution in [0.1, 0.15) is 30.5 Å². The standard InChI is InChI=1S/C21H24N6O/c1-26-18-12-14(8-9-15(18)13-22-26)21(28)25-19-20(27-10-4-5-11-27)24-17-7-3-2-6-16(17)23-19/h2-3,6-7,13-14H,4-5,8-12H2,1H3,(H,23,25,28). The van der Waals surface area contributed by atoms with Crippen LogP contribution in [0, 0.1) is 5.92 Å². The number of amides is 1. The van der Waals surface area contributed by atoms with Gasteiger partial charge in [0.25, 0.3) is 0 Å². The second-order valence-electron chi connectivity index (χ2n) is 7.75. The number of para-hydroxylation sites is 2. The average Bonchev–Trinajstić information content (AvgIpc) is 3.37. The molecule has 2 aliphatic rings. The van der Waals surface area contributed by atoms with Crippen LogP contribution < -0.4 is 10.2 Å². The van der Waals surface area contributed by atoms with Crippen molar-refractivity contribution in [1.29, 1.82) is 0 Å². The maximum atomic E-state index is 13.1. The van der Waals surface area contributed by atoms with Crippen molar-refractivity contribution in [2.24, 2.45) is 13.0 Å². The summed E-state index contributed by atoms with van der Waals surface area (Å²) >= 11 is 0. The van der Waals surface area contributed by atoms with Gasteiger partial charge in [-0.25, -0.2) is 9.97 Å². The van der Waals surface area contributed by atoms with Gasteiger partial charge >= 0.3 is 0 Å². The third-order valence-electron chi connectivity index (χ3n) is 5.92. The molecule has 1 aliphatic carbocycles. The van der Waals surface area contributed by atoms with Crippen molar-refractivity contribution >= 4 is 28.6 Å². The van der Waals surface area contributed by atoms with Crippen LogP contribution in [0.3, 0.4) is 0 Å². The molecule has 3 heterocycles. The lowest BCUT2D eigenvalue weighted by Crippen LogP contribution is -2.30. The maximum Gasteiger partial charge on any atom is 0.229 e. The minimum atomic E-state index is -0.0670. The van der Waals surface area contributed by atoms with E-state index >= 15 is 0 Å². The van der Waals surface area contributed by atoms with Gasteiger partial charge in [-0.05, 0) is 43.4 Å². The van der Waals surface area contributed by atoms with Crippen LogP contribution in [0.4, 0.5) is 11.6 Å². The number of rotatable bonds is 3. The van der Waals surface area contributed by atoms with E-state index in [1.54, 1.807) is 0 Å². The molecule has 0 radical (unpaired) electrons. The molecule has 1 unspecified atom stereocenters. The monoisotopic (exact) mass is 376 g/mol. The Morgan fingerprint density at radius 3 is 2.68 bits per heavy atom. The first-order valence-electron chi connectivity index (χ1n) is 10.0. The molecule has 0 spiro atoms. The summed E-state index contributed by atoms with van der Waals surface area (Å²) in [6.45, 7) is 1.91. The normalized spacial score (nSPS) is 19.0. The summed E-state index contributed by atoms with van der Waals surface area (Å²) in [4.78, 5) is 24.9. The average molecular weight is 376 g/mol. The molecule has 0 bridgehead atoms. The number of fused-ring (bicyclic) bond motifs is 2. The highest BCUT2D eigenvalue weighted by Gasteiger charge is 2.29. The molecule has 1 amide bonds. The van der Waals surface area contributed by atoms with Gasteiger partial charge in [-0.3, -0.25) is 9.48 Å². The van der Waals surface area contributed by atoms with Crippen molar-refractivity contribution in [2.75, 3.05) is 23.3 Å². The van der Waals surface area contributed by atoms with Crippen molar-refractivity contribution in [2.45, 2.75) is 32.1 Å². The van der Waals surface area contributed by atoms with Gasteiger partial charge in [0.2, 0.25) is 5.91 Å². The third kappa shape index (κ3) is 3.00. The second kappa shape index (κ2) is 6.89. The Hall–Kier alpha value is -2.96. The minimum absolute atomic E-state index is 0.0249. The Balaban J connectivity index is 1.44. The fraction of sp³-hybridized carbons (Fsp3) is 0.429. The van der Waals surface area contributed by atoms with E-state index < -0.39 is 0 Å². The van der Waals surface area contributed by atoms with Crippen LogP contribution >= 0.6 is 0 Å². The number of carbonyl (C=O) groups is 1. The lowest BCUT2D eigenvalue weighted by molar-refractivity contribution is -0.120. The molecule has 1 N–H and O–H groups in total. The zero-order chi connectivity index (χ0) is 19.1. The van der Waals surface area contributed by atoms with Gasteiger partial charge in [0.05, 0.1) is 17.2 Å². The van der Waals surface area contributed by atoms with Crippen LogP contribution in [0.2, 0.25) is 0 Å². The first-order chi connectivity index (χ1) is 13.7. The van der Waals surface area contributed by atoms with Crippen molar-refractivity contribution in [1.82, 2.24) is 19.7 Å². The summed E-state index contributed by atoms with van der Waals surface area (Å²) < 4.78 is 1.89. The molecule has 3 aromatic rings. The topological polar surface area (TPSA) is 75.9 Å². The number of aryl methyl sites for hydroxylation is 2. The molecular weight excluding hydrogens is 352 g/mol. The fourth-order valence-corrected chi connectivity index (χ4v) is 4.31. The number of nitrogens with zero attached hydrogens (tertiary/aromatic N) is 5. The molecule has 28 heavy (non-hydrogen) atoms. The molecule has 1 fully saturated rings. The Morgan fingerprint density at radius 2 is 1.89 bits per heavy atom. The smallest absolute Gasteiger partial charge is 0.229 e. The summed E-state index contributed by atoms with van der Waals surface area (Å²) in [6.07, 6.45) is 6.66. The molecule has 1 atom stereocenters. The molecule has 144 valence electrons. The predicted molar refractivity (Wildman–Crippen MR) is 108 cm³/mol. The lowest BCUT2D eigenvalue weighted by Gasteiger charge is -2.24. The van der Waals surface area contributed by atoms with Crippen LogP contribution in [0.15, 0.2) is 30.5 Å². The number of carbonyl (C=O) groups excluding carboxylic acids is 1. The summed E-state index contributed by atoms with van der Waals surface area (Å²) in [5.41, 5.74) is 4.09. The molecule has 1 aliphatic heterocycles. The zero-order valence-corrected chi connectivity index (χ0v) is 16.1. The number of benzene rings is 1. The van der Waals surface area contributed by atoms with Gasteiger partial charge in [0, 0.05) is 38.2 Å². The SMILES string of the molecule is Cn1ncc2c1CC(C(=O)Nc1nc3ccccc3nc1N1CCCC1)CC2. The van der Waals surface area contributed by atoms with E-state index in [1.165, 1.54) is 5.56 Å². The Kier molecular flexibility index (Phi) is 4.22. The largest absolute Gasteiger partial charge is 0.354 e. The van der Waals surface area contributed by atoms with Crippen LogP contribution in [-0.2, 0) is 24.7 Å². The Bertz CT molecular complexity index is 1040. The van der Waals surface area contributed by atoms with E-state index in [4.69, 9.17) is 9.97 Å². The van der Waals surface area contributed by atoms with Crippen molar-refractivity contribution in [3.8, 4) is 0 Å². The Morgan fingerprint density at radius 1 is 1.14 bits per heavy atom. The number of aromatic nitrogens is 4. The number of hydrogen-bond acceptors (Lipinski definition) is 5. The third-order valence-corrected chi connectivity index (χ3v) is 5.92. The van der Waals surface area contributed by atoms with Gasteiger partial charge < -0.3 is 10.2 Å². The molecule has 1 saturated heterocycles. The second-order valence-corrected chi connectivity index (χ2v) is 7.75. The minimum Gasteiger partial charge on any atom is -0.354 e. The van der Waals surface area contributed by atoms with E-state index in [9.17, 15) is 4.79 Å². The first-order valence-corrected chi connectivity index (χ1v) is 10.0. The Labute approximate surface area is 163 Å². The predicted octanol–water partition coefficient (Wildman–Crippen LogP) is 2.71. The summed E-state index contributed by atoms with van der Waals surface area (Å²) in [5.74, 6) is 1.34. The number of nitrogens with one attached hydrogen (secondary N) is 1. The van der Waals surface area contributed by atoms with Gasteiger partial charge in [-0.2, -0.15) is 5.10 Å². The highest BCUT2D eigenvalue weighted by Crippen LogP contribution is 2.30. The fourth-order valence-electron chi connectivity index (χ4n) is 4.31. The molecule has 0 saturated carbocycles. The number of anilines is 2. The van der Waals surface area contributed by atoms with E-state index in [0.29, 0.717) is 5.82 Å². The molecule has 1 aromatic carbocycles. The van der Waals surface area contributed by atoms with Crippen LogP contribution in [-0.4, -0.2) is 38.7 Å². The van der Waals surface area contributed by atoms with Crippen molar-refractivity contribution in [3.05, 3.63) is 41.7 Å². The maximum absolute atomic E-state index is 13.1. The first kappa shape index (κ1) is 17.2. The van der Waals surface area contributed by atoms with Crippen molar-refractivity contribution in [3.63, 3.8) is 0 Å². The van der Waals surface area contributed by atoms with E-state index in [1.807, 2.05) is 42.2 Å². The quantitative estimate of drug-likeness (QED) is 0.761. The highest BCUT2D eigenvalue weighted by atomic mass is 16.2. The highest BCUT2D eigenvalue weighted by molar-refractivity contribution is 5.96. The van der Waals surface area contributed by atoms with Gasteiger partial charge in [0.1, 0.15) is 0 Å². The van der Waals surface area contributed by atoms with Crippen LogP contribution in [0.25, 0.3) is 11.0 Å². The van der Waals surface area contributed by atoms with E-state index in [0.717, 1.165) is 67.7 Å². The van der Waals surface area contributed by atoms with Crippen LogP contribution in [0.5, 0.6) is 0 Å². The summed E-state index contributed by atoms with van der Waals surface area (Å²) in [6, 6.07) is 7.83.